The van der Waals surface area contributed by atoms with Gasteiger partial charge in [0.2, 0.25) is 11.7 Å². The first-order valence-corrected chi connectivity index (χ1v) is 10.7. The standard InChI is InChI=1S/C22H19ClF3N5O5/c1-3-27-19-17(31(33)34)8-9-18(29-19)30-20(32)12(2)35-14-4-6-15(7-5-14)36-21-16(23)10-13(11-28-21)22(24,25)26/h4-12H,3H2,1-2H3,(H2,27,29,30,32). The SMILES string of the molecule is CCNc1nc(NC(=O)C(C)Oc2ccc(Oc3ncc(C(F)(F)F)cc3Cl)cc2)ccc1[N+](=O)[O-]. The van der Waals surface area contributed by atoms with Gasteiger partial charge in [0.05, 0.1) is 10.5 Å². The number of halogens is 4. The Bertz CT molecular complexity index is 1260. The number of nitrogens with zero attached hydrogens (tertiary/aromatic N) is 3. The first kappa shape index (κ1) is 26.5. The lowest BCUT2D eigenvalue weighted by atomic mass is 10.3. The molecule has 36 heavy (non-hydrogen) atoms. The van der Waals surface area contributed by atoms with E-state index in [1.807, 2.05) is 0 Å². The molecule has 0 fully saturated rings. The summed E-state index contributed by atoms with van der Waals surface area (Å²) < 4.78 is 49.2. The highest BCUT2D eigenvalue weighted by Crippen LogP contribution is 2.35. The molecule has 1 amide bonds. The summed E-state index contributed by atoms with van der Waals surface area (Å²) in [4.78, 5) is 30.7. The van der Waals surface area contributed by atoms with Crippen molar-refractivity contribution in [3.8, 4) is 17.4 Å². The molecule has 190 valence electrons. The van der Waals surface area contributed by atoms with Gasteiger partial charge in [-0.05, 0) is 50.2 Å². The van der Waals surface area contributed by atoms with Crippen molar-refractivity contribution in [2.45, 2.75) is 26.1 Å². The highest BCUT2D eigenvalue weighted by molar-refractivity contribution is 6.31. The number of ether oxygens (including phenoxy) is 2. The fourth-order valence-corrected chi connectivity index (χ4v) is 3.01. The van der Waals surface area contributed by atoms with Crippen LogP contribution in [0.15, 0.2) is 48.7 Å². The van der Waals surface area contributed by atoms with Crippen LogP contribution in [0.2, 0.25) is 5.02 Å². The van der Waals surface area contributed by atoms with Gasteiger partial charge in [-0.2, -0.15) is 13.2 Å². The molecule has 0 saturated carbocycles. The summed E-state index contributed by atoms with van der Waals surface area (Å²) in [5, 5.41) is 16.1. The molecule has 2 N–H and O–H groups in total. The number of carbonyl (C=O) groups excluding carboxylic acids is 1. The first-order chi connectivity index (χ1) is 17.0. The Morgan fingerprint density at radius 2 is 1.86 bits per heavy atom. The zero-order chi connectivity index (χ0) is 26.5. The number of alkyl halides is 3. The number of benzene rings is 1. The molecular weight excluding hydrogens is 507 g/mol. The number of nitro groups is 1. The van der Waals surface area contributed by atoms with Crippen molar-refractivity contribution in [1.29, 1.82) is 0 Å². The van der Waals surface area contributed by atoms with Crippen LogP contribution in [0.1, 0.15) is 19.4 Å². The highest BCUT2D eigenvalue weighted by Gasteiger charge is 2.31. The number of aromatic nitrogens is 2. The maximum Gasteiger partial charge on any atom is 0.417 e. The van der Waals surface area contributed by atoms with Gasteiger partial charge in [-0.3, -0.25) is 14.9 Å². The van der Waals surface area contributed by atoms with Gasteiger partial charge in [-0.1, -0.05) is 11.6 Å². The van der Waals surface area contributed by atoms with E-state index in [0.717, 1.165) is 0 Å². The Morgan fingerprint density at radius 1 is 1.19 bits per heavy atom. The molecule has 2 heterocycles. The Balaban J connectivity index is 1.62. The first-order valence-electron chi connectivity index (χ1n) is 10.4. The average molecular weight is 526 g/mol. The van der Waals surface area contributed by atoms with Gasteiger partial charge in [0.15, 0.2) is 6.10 Å². The van der Waals surface area contributed by atoms with Crippen molar-refractivity contribution < 1.29 is 32.4 Å². The van der Waals surface area contributed by atoms with E-state index in [2.05, 4.69) is 20.6 Å². The van der Waals surface area contributed by atoms with E-state index >= 15 is 0 Å². The van der Waals surface area contributed by atoms with Gasteiger partial charge in [-0.25, -0.2) is 9.97 Å². The van der Waals surface area contributed by atoms with E-state index < -0.39 is 28.7 Å². The van der Waals surface area contributed by atoms with E-state index in [0.29, 0.717) is 24.6 Å². The summed E-state index contributed by atoms with van der Waals surface area (Å²) in [6.07, 6.45) is -4.94. The summed E-state index contributed by atoms with van der Waals surface area (Å²) in [5.74, 6) is -0.131. The highest BCUT2D eigenvalue weighted by atomic mass is 35.5. The van der Waals surface area contributed by atoms with Gasteiger partial charge < -0.3 is 20.1 Å². The second kappa shape index (κ2) is 11.1. The minimum absolute atomic E-state index is 0.0205. The Kier molecular flexibility index (Phi) is 8.14. The topological polar surface area (TPSA) is 129 Å². The third-order valence-corrected chi connectivity index (χ3v) is 4.79. The monoisotopic (exact) mass is 525 g/mol. The predicted octanol–water partition coefficient (Wildman–Crippen LogP) is 5.69. The van der Waals surface area contributed by atoms with Crippen LogP contribution in [0.5, 0.6) is 17.4 Å². The fourth-order valence-electron chi connectivity index (χ4n) is 2.81. The molecule has 0 radical (unpaired) electrons. The molecule has 3 rings (SSSR count). The maximum atomic E-state index is 12.7. The third-order valence-electron chi connectivity index (χ3n) is 4.52. The van der Waals surface area contributed by atoms with Crippen LogP contribution in [0.3, 0.4) is 0 Å². The van der Waals surface area contributed by atoms with Crippen LogP contribution in [0, 0.1) is 10.1 Å². The van der Waals surface area contributed by atoms with E-state index in [1.165, 1.54) is 43.3 Å². The Labute approximate surface area is 207 Å². The van der Waals surface area contributed by atoms with Gasteiger partial charge in [0.25, 0.3) is 5.91 Å². The van der Waals surface area contributed by atoms with Crippen molar-refractivity contribution >= 4 is 34.8 Å². The summed E-state index contributed by atoms with van der Waals surface area (Å²) >= 11 is 5.84. The van der Waals surface area contributed by atoms with Crippen LogP contribution >= 0.6 is 11.6 Å². The van der Waals surface area contributed by atoms with E-state index in [4.69, 9.17) is 21.1 Å². The molecule has 0 aliphatic heterocycles. The number of hydrogen-bond acceptors (Lipinski definition) is 8. The number of nitrogens with one attached hydrogen (secondary N) is 2. The molecule has 0 saturated heterocycles. The van der Waals surface area contributed by atoms with Crippen molar-refractivity contribution in [2.75, 3.05) is 17.2 Å². The summed E-state index contributed by atoms with van der Waals surface area (Å²) in [5.41, 5.74) is -1.23. The second-order valence-electron chi connectivity index (χ2n) is 7.18. The molecule has 1 aromatic carbocycles. The van der Waals surface area contributed by atoms with Crippen molar-refractivity contribution in [3.63, 3.8) is 0 Å². The number of anilines is 2. The molecule has 2 aromatic heterocycles. The summed E-state index contributed by atoms with van der Waals surface area (Å²) in [6.45, 7) is 3.63. The van der Waals surface area contributed by atoms with Crippen LogP contribution in [0.4, 0.5) is 30.5 Å². The van der Waals surface area contributed by atoms with Crippen molar-refractivity contribution in [1.82, 2.24) is 9.97 Å². The van der Waals surface area contributed by atoms with Crippen LogP contribution in [0.25, 0.3) is 0 Å². The minimum atomic E-state index is -4.58. The van der Waals surface area contributed by atoms with Crippen LogP contribution in [-0.2, 0) is 11.0 Å². The fraction of sp³-hybridized carbons (Fsp3) is 0.227. The third kappa shape index (κ3) is 6.72. The lowest BCUT2D eigenvalue weighted by molar-refractivity contribution is -0.384. The molecule has 1 atom stereocenters. The molecule has 0 spiro atoms. The van der Waals surface area contributed by atoms with Crippen LogP contribution in [-0.4, -0.2) is 33.4 Å². The molecule has 0 aliphatic carbocycles. The predicted molar refractivity (Wildman–Crippen MR) is 125 cm³/mol. The molecular formula is C22H19ClF3N5O5. The summed E-state index contributed by atoms with van der Waals surface area (Å²) in [7, 11) is 0. The number of carbonyl (C=O) groups is 1. The van der Waals surface area contributed by atoms with Crippen molar-refractivity contribution in [3.05, 3.63) is 69.4 Å². The largest absolute Gasteiger partial charge is 0.481 e. The summed E-state index contributed by atoms with van der Waals surface area (Å²) in [6, 6.07) is 9.10. The zero-order valence-corrected chi connectivity index (χ0v) is 19.6. The molecule has 0 aliphatic rings. The Hall–Kier alpha value is -4.13. The van der Waals surface area contributed by atoms with E-state index in [-0.39, 0.29) is 34.0 Å². The second-order valence-corrected chi connectivity index (χ2v) is 7.59. The van der Waals surface area contributed by atoms with Crippen molar-refractivity contribution in [2.24, 2.45) is 0 Å². The Morgan fingerprint density at radius 3 is 2.44 bits per heavy atom. The molecule has 1 unspecified atom stereocenters. The molecule has 14 heteroatoms. The lowest BCUT2D eigenvalue weighted by Gasteiger charge is -2.15. The smallest absolute Gasteiger partial charge is 0.417 e. The van der Waals surface area contributed by atoms with E-state index in [9.17, 15) is 28.1 Å². The van der Waals surface area contributed by atoms with Gasteiger partial charge in [-0.15, -0.1) is 0 Å². The number of hydrogen-bond donors (Lipinski definition) is 2. The quantitative estimate of drug-likeness (QED) is 0.269. The molecule has 0 bridgehead atoms. The zero-order valence-electron chi connectivity index (χ0n) is 18.8. The number of pyridine rings is 2. The van der Waals surface area contributed by atoms with Gasteiger partial charge in [0.1, 0.15) is 22.3 Å². The number of rotatable bonds is 9. The molecule has 3 aromatic rings. The van der Waals surface area contributed by atoms with Gasteiger partial charge >= 0.3 is 11.9 Å². The minimum Gasteiger partial charge on any atom is -0.481 e. The van der Waals surface area contributed by atoms with Crippen LogP contribution < -0.4 is 20.1 Å². The maximum absolute atomic E-state index is 12.7. The number of amides is 1. The molecule has 10 nitrogen and oxygen atoms in total. The normalized spacial score (nSPS) is 11.9. The lowest BCUT2D eigenvalue weighted by Crippen LogP contribution is -2.30. The van der Waals surface area contributed by atoms with Gasteiger partial charge in [0, 0.05) is 18.8 Å². The average Bonchev–Trinajstić information content (AvgIpc) is 2.81. The van der Waals surface area contributed by atoms with E-state index in [1.54, 1.807) is 6.92 Å².